The number of carbonyl (C=O) groups is 1. The van der Waals surface area contributed by atoms with Crippen LogP contribution in [0.5, 0.6) is 0 Å². The van der Waals surface area contributed by atoms with Crippen molar-refractivity contribution < 1.29 is 4.79 Å². The Hall–Kier alpha value is -3.41. The first-order chi connectivity index (χ1) is 16.0. The number of anilines is 1. The molecule has 0 aliphatic carbocycles. The lowest BCUT2D eigenvalue weighted by atomic mass is 9.96. The number of piperidine rings is 1. The molecule has 6 nitrogen and oxygen atoms in total. The summed E-state index contributed by atoms with van der Waals surface area (Å²) in [6.07, 6.45) is 3.50. The van der Waals surface area contributed by atoms with Crippen molar-refractivity contribution in [3.05, 3.63) is 93.9 Å². The van der Waals surface area contributed by atoms with Crippen LogP contribution in [0.2, 0.25) is 0 Å². The molecular weight excluding hydrogens is 412 g/mol. The molecule has 172 valence electrons. The van der Waals surface area contributed by atoms with Crippen LogP contribution in [0.4, 0.5) is 5.69 Å². The standard InChI is InChI=1S/C27H32N4O2/c1-20(2)23-12-10-21(11-13-23)16-28-27(33)24-9-6-14-30(19-24)25-15-26(32)31(29-17-25)18-22-7-4-3-5-8-22/h3-5,7-8,10-13,15,17,20,24H,6,9,14,16,18-19H2,1-2H3,(H,28,33)/t24-/m1/s1. The summed E-state index contributed by atoms with van der Waals surface area (Å²) in [6, 6.07) is 19.9. The van der Waals surface area contributed by atoms with E-state index in [4.69, 9.17) is 0 Å². The highest BCUT2D eigenvalue weighted by Crippen LogP contribution is 2.22. The summed E-state index contributed by atoms with van der Waals surface area (Å²) < 4.78 is 1.47. The van der Waals surface area contributed by atoms with E-state index >= 15 is 0 Å². The molecule has 0 saturated carbocycles. The monoisotopic (exact) mass is 444 g/mol. The van der Waals surface area contributed by atoms with Gasteiger partial charge in [-0.25, -0.2) is 4.68 Å². The van der Waals surface area contributed by atoms with Crippen LogP contribution < -0.4 is 15.8 Å². The molecule has 33 heavy (non-hydrogen) atoms. The molecule has 3 aromatic rings. The van der Waals surface area contributed by atoms with Gasteiger partial charge in [-0.05, 0) is 35.4 Å². The van der Waals surface area contributed by atoms with E-state index in [9.17, 15) is 9.59 Å². The van der Waals surface area contributed by atoms with Gasteiger partial charge < -0.3 is 10.2 Å². The largest absolute Gasteiger partial charge is 0.369 e. The van der Waals surface area contributed by atoms with E-state index in [-0.39, 0.29) is 17.4 Å². The average molecular weight is 445 g/mol. The summed E-state index contributed by atoms with van der Waals surface area (Å²) in [7, 11) is 0. The predicted molar refractivity (Wildman–Crippen MR) is 131 cm³/mol. The molecule has 1 saturated heterocycles. The molecule has 1 aromatic heterocycles. The zero-order valence-corrected chi connectivity index (χ0v) is 19.4. The van der Waals surface area contributed by atoms with Crippen LogP contribution in [0.25, 0.3) is 0 Å². The van der Waals surface area contributed by atoms with Gasteiger partial charge in [0.2, 0.25) is 5.91 Å². The molecule has 2 aromatic carbocycles. The third-order valence-electron chi connectivity index (χ3n) is 6.30. The minimum absolute atomic E-state index is 0.0676. The normalized spacial score (nSPS) is 16.1. The number of benzene rings is 2. The van der Waals surface area contributed by atoms with Crippen molar-refractivity contribution in [3.8, 4) is 0 Å². The molecular formula is C27H32N4O2. The van der Waals surface area contributed by atoms with E-state index in [1.807, 2.05) is 30.3 Å². The van der Waals surface area contributed by atoms with Crippen LogP contribution in [0.3, 0.4) is 0 Å². The fraction of sp³-hybridized carbons (Fsp3) is 0.370. The van der Waals surface area contributed by atoms with E-state index in [0.717, 1.165) is 36.2 Å². The van der Waals surface area contributed by atoms with Crippen molar-refractivity contribution in [2.75, 3.05) is 18.0 Å². The van der Waals surface area contributed by atoms with E-state index in [1.165, 1.54) is 10.2 Å². The van der Waals surface area contributed by atoms with Crippen LogP contribution in [-0.4, -0.2) is 28.8 Å². The van der Waals surface area contributed by atoms with Gasteiger partial charge in [0.05, 0.1) is 24.3 Å². The summed E-state index contributed by atoms with van der Waals surface area (Å²) in [6.45, 7) is 6.75. The lowest BCUT2D eigenvalue weighted by Gasteiger charge is -2.33. The highest BCUT2D eigenvalue weighted by molar-refractivity contribution is 5.79. The lowest BCUT2D eigenvalue weighted by molar-refractivity contribution is -0.125. The molecule has 6 heteroatoms. The number of hydrogen-bond acceptors (Lipinski definition) is 4. The summed E-state index contributed by atoms with van der Waals surface area (Å²) in [4.78, 5) is 27.6. The van der Waals surface area contributed by atoms with Gasteiger partial charge in [0.25, 0.3) is 5.56 Å². The quantitative estimate of drug-likeness (QED) is 0.599. The Labute approximate surface area is 195 Å². The molecule has 1 fully saturated rings. The van der Waals surface area contributed by atoms with Crippen molar-refractivity contribution in [1.29, 1.82) is 0 Å². The number of amides is 1. The van der Waals surface area contributed by atoms with Crippen molar-refractivity contribution in [1.82, 2.24) is 15.1 Å². The van der Waals surface area contributed by atoms with Gasteiger partial charge in [-0.15, -0.1) is 0 Å². The number of hydrogen-bond donors (Lipinski definition) is 1. The van der Waals surface area contributed by atoms with Gasteiger partial charge in [0.1, 0.15) is 0 Å². The third-order valence-corrected chi connectivity index (χ3v) is 6.30. The predicted octanol–water partition coefficient (Wildman–Crippen LogP) is 3.95. The van der Waals surface area contributed by atoms with Crippen molar-refractivity contribution in [2.24, 2.45) is 5.92 Å². The molecule has 0 unspecified atom stereocenters. The molecule has 0 spiro atoms. The van der Waals surface area contributed by atoms with Gasteiger partial charge >= 0.3 is 0 Å². The van der Waals surface area contributed by atoms with Crippen molar-refractivity contribution in [2.45, 2.75) is 45.7 Å². The first-order valence-corrected chi connectivity index (χ1v) is 11.7. The molecule has 0 bridgehead atoms. The maximum atomic E-state index is 12.8. The summed E-state index contributed by atoms with van der Waals surface area (Å²) in [5.74, 6) is 0.468. The zero-order valence-electron chi connectivity index (χ0n) is 19.4. The second-order valence-corrected chi connectivity index (χ2v) is 9.09. The van der Waals surface area contributed by atoms with E-state index in [2.05, 4.69) is 53.4 Å². The van der Waals surface area contributed by atoms with Crippen molar-refractivity contribution >= 4 is 11.6 Å². The molecule has 1 aliphatic rings. The summed E-state index contributed by atoms with van der Waals surface area (Å²) >= 11 is 0. The number of carbonyl (C=O) groups excluding carboxylic acids is 1. The Morgan fingerprint density at radius 3 is 2.55 bits per heavy atom. The van der Waals surface area contributed by atoms with Crippen LogP contribution in [0.15, 0.2) is 71.7 Å². The third kappa shape index (κ3) is 5.89. The molecule has 0 radical (unpaired) electrons. The van der Waals surface area contributed by atoms with Crippen LogP contribution >= 0.6 is 0 Å². The minimum Gasteiger partial charge on any atom is -0.369 e. The first kappa shape index (κ1) is 22.8. The maximum Gasteiger partial charge on any atom is 0.269 e. The number of nitrogens with one attached hydrogen (secondary N) is 1. The lowest BCUT2D eigenvalue weighted by Crippen LogP contribution is -2.43. The molecule has 4 rings (SSSR count). The van der Waals surface area contributed by atoms with E-state index in [1.54, 1.807) is 12.3 Å². The Morgan fingerprint density at radius 2 is 1.85 bits per heavy atom. The first-order valence-electron chi connectivity index (χ1n) is 11.7. The Bertz CT molecular complexity index is 1120. The van der Waals surface area contributed by atoms with Gasteiger partial charge in [-0.2, -0.15) is 5.10 Å². The molecule has 1 aliphatic heterocycles. The molecule has 1 amide bonds. The summed E-state index contributed by atoms with van der Waals surface area (Å²) in [5.41, 5.74) is 4.09. The topological polar surface area (TPSA) is 67.2 Å². The minimum atomic E-state index is -0.132. The average Bonchev–Trinajstić information content (AvgIpc) is 2.84. The highest BCUT2D eigenvalue weighted by Gasteiger charge is 2.26. The van der Waals surface area contributed by atoms with E-state index in [0.29, 0.717) is 25.6 Å². The maximum absolute atomic E-state index is 12.8. The van der Waals surface area contributed by atoms with Crippen LogP contribution in [0, 0.1) is 5.92 Å². The SMILES string of the molecule is CC(C)c1ccc(CNC(=O)[C@@H]2CCCN(c3cnn(Cc4ccccc4)c(=O)c3)C2)cc1. The van der Waals surface area contributed by atoms with Crippen LogP contribution in [-0.2, 0) is 17.9 Å². The van der Waals surface area contributed by atoms with Gasteiger partial charge in [-0.1, -0.05) is 68.4 Å². The van der Waals surface area contributed by atoms with Gasteiger partial charge in [0.15, 0.2) is 0 Å². The summed E-state index contributed by atoms with van der Waals surface area (Å²) in [5, 5.41) is 7.47. The molecule has 1 atom stereocenters. The number of aromatic nitrogens is 2. The zero-order chi connectivity index (χ0) is 23.2. The second-order valence-electron chi connectivity index (χ2n) is 9.09. The molecule has 1 N–H and O–H groups in total. The Kier molecular flexibility index (Phi) is 7.23. The molecule has 2 heterocycles. The fourth-order valence-corrected chi connectivity index (χ4v) is 4.25. The highest BCUT2D eigenvalue weighted by atomic mass is 16.2. The Morgan fingerprint density at radius 1 is 1.09 bits per heavy atom. The Balaban J connectivity index is 1.35. The second kappa shape index (κ2) is 10.5. The van der Waals surface area contributed by atoms with Crippen LogP contribution in [0.1, 0.15) is 49.3 Å². The van der Waals surface area contributed by atoms with Gasteiger partial charge in [-0.3, -0.25) is 9.59 Å². The number of nitrogens with zero attached hydrogens (tertiary/aromatic N) is 3. The fourth-order valence-electron chi connectivity index (χ4n) is 4.25. The number of rotatable bonds is 7. The van der Waals surface area contributed by atoms with E-state index < -0.39 is 0 Å². The van der Waals surface area contributed by atoms with Gasteiger partial charge in [0, 0.05) is 25.7 Å². The van der Waals surface area contributed by atoms with Crippen molar-refractivity contribution in [3.63, 3.8) is 0 Å². The smallest absolute Gasteiger partial charge is 0.269 e.